The zero-order valence-corrected chi connectivity index (χ0v) is 18.3. The fourth-order valence-corrected chi connectivity index (χ4v) is 3.89. The molecule has 31 heavy (non-hydrogen) atoms. The summed E-state index contributed by atoms with van der Waals surface area (Å²) in [5.74, 6) is -3.48. The molecular weight excluding hydrogens is 402 g/mol. The average Bonchev–Trinajstić information content (AvgIpc) is 2.97. The van der Waals surface area contributed by atoms with Gasteiger partial charge in [0.1, 0.15) is 5.82 Å². The quantitative estimate of drug-likeness (QED) is 0.661. The van der Waals surface area contributed by atoms with Crippen LogP contribution in [-0.4, -0.2) is 49.5 Å². The Morgan fingerprint density at radius 3 is 2.58 bits per heavy atom. The predicted octanol–water partition coefficient (Wildman–Crippen LogP) is 4.14. The first kappa shape index (κ1) is 21.3. The lowest BCUT2D eigenvalue weighted by molar-refractivity contribution is -0.114. The summed E-state index contributed by atoms with van der Waals surface area (Å²) < 4.78 is 30.1. The van der Waals surface area contributed by atoms with E-state index in [0.717, 1.165) is 30.9 Å². The first-order valence-electron chi connectivity index (χ1n) is 10.3. The molecule has 9 heteroatoms. The average molecular weight is 428 g/mol. The van der Waals surface area contributed by atoms with E-state index in [1.165, 1.54) is 6.92 Å². The number of anilines is 1. The lowest BCUT2D eigenvalue weighted by Crippen LogP contribution is -2.50. The molecule has 1 saturated heterocycles. The van der Waals surface area contributed by atoms with E-state index in [2.05, 4.69) is 43.6 Å². The normalized spacial score (nSPS) is 15.5. The molecule has 0 radical (unpaired) electrons. The molecule has 0 unspecified atom stereocenters. The van der Waals surface area contributed by atoms with Crippen molar-refractivity contribution in [2.75, 3.05) is 18.4 Å². The highest BCUT2D eigenvalue weighted by atomic mass is 19.3. The van der Waals surface area contributed by atoms with Crippen LogP contribution < -0.4 is 5.32 Å². The summed E-state index contributed by atoms with van der Waals surface area (Å²) in [5.41, 5.74) is 2.47. The third-order valence-corrected chi connectivity index (χ3v) is 5.56. The number of alkyl halides is 2. The number of rotatable bonds is 5. The minimum atomic E-state index is -3.15. The molecule has 0 aliphatic carbocycles. The fourth-order valence-electron chi connectivity index (χ4n) is 3.89. The second-order valence-electron chi connectivity index (χ2n) is 8.53. The molecule has 3 aromatic rings. The van der Waals surface area contributed by atoms with Gasteiger partial charge in [-0.15, -0.1) is 0 Å². The number of carbonyl (C=O) groups is 1. The van der Waals surface area contributed by atoms with Crippen molar-refractivity contribution in [3.8, 4) is 11.3 Å². The Hall–Kier alpha value is -2.94. The van der Waals surface area contributed by atoms with Crippen LogP contribution in [0.5, 0.6) is 0 Å². The van der Waals surface area contributed by atoms with Gasteiger partial charge in [0.25, 0.3) is 0 Å². The molecule has 0 spiro atoms. The van der Waals surface area contributed by atoms with Crippen molar-refractivity contribution in [1.29, 1.82) is 0 Å². The number of halogens is 2. The van der Waals surface area contributed by atoms with Crippen LogP contribution in [0.2, 0.25) is 0 Å². The summed E-state index contributed by atoms with van der Waals surface area (Å²) in [7, 11) is 0. The zero-order valence-electron chi connectivity index (χ0n) is 18.3. The Bertz CT molecular complexity index is 1140. The van der Waals surface area contributed by atoms with Gasteiger partial charge in [0.15, 0.2) is 5.82 Å². The van der Waals surface area contributed by atoms with Gasteiger partial charge < -0.3 is 9.88 Å². The van der Waals surface area contributed by atoms with Gasteiger partial charge in [0, 0.05) is 55.8 Å². The molecule has 4 heterocycles. The first-order chi connectivity index (χ1) is 14.5. The van der Waals surface area contributed by atoms with Crippen LogP contribution in [-0.2, 0) is 10.7 Å². The van der Waals surface area contributed by atoms with Crippen molar-refractivity contribution in [2.45, 2.75) is 52.6 Å². The van der Waals surface area contributed by atoms with E-state index in [4.69, 9.17) is 0 Å². The number of amides is 1. The second-order valence-corrected chi connectivity index (χ2v) is 8.53. The molecule has 3 aromatic heterocycles. The Labute approximate surface area is 179 Å². The SMILES string of the molecule is CC(=O)Nc1cc2c(-c3cc(C)nc(C(C)(F)F)n3)cn(C3CN(C(C)C)C3)c2cn1. The van der Waals surface area contributed by atoms with E-state index in [1.54, 1.807) is 25.3 Å². The largest absolute Gasteiger partial charge is 0.340 e. The van der Waals surface area contributed by atoms with Gasteiger partial charge >= 0.3 is 5.92 Å². The van der Waals surface area contributed by atoms with Gasteiger partial charge in [-0.3, -0.25) is 9.69 Å². The maximum absolute atomic E-state index is 14.0. The van der Waals surface area contributed by atoms with Gasteiger partial charge in [-0.1, -0.05) is 0 Å². The third kappa shape index (κ3) is 4.14. The van der Waals surface area contributed by atoms with E-state index in [0.29, 0.717) is 28.8 Å². The van der Waals surface area contributed by atoms with Gasteiger partial charge in [-0.2, -0.15) is 8.78 Å². The summed E-state index contributed by atoms with van der Waals surface area (Å²) in [5, 5.41) is 3.49. The van der Waals surface area contributed by atoms with Gasteiger partial charge in [-0.25, -0.2) is 15.0 Å². The van der Waals surface area contributed by atoms with Crippen molar-refractivity contribution in [3.63, 3.8) is 0 Å². The van der Waals surface area contributed by atoms with Crippen molar-refractivity contribution in [2.24, 2.45) is 0 Å². The first-order valence-corrected chi connectivity index (χ1v) is 10.3. The minimum absolute atomic E-state index is 0.231. The van der Waals surface area contributed by atoms with Crippen LogP contribution in [0, 0.1) is 6.92 Å². The van der Waals surface area contributed by atoms with E-state index in [-0.39, 0.29) is 11.9 Å². The summed E-state index contributed by atoms with van der Waals surface area (Å²) in [6.45, 7) is 10.00. The van der Waals surface area contributed by atoms with E-state index >= 15 is 0 Å². The number of aryl methyl sites for hydroxylation is 1. The summed E-state index contributed by atoms with van der Waals surface area (Å²) in [4.78, 5) is 26.3. The Balaban J connectivity index is 1.86. The third-order valence-electron chi connectivity index (χ3n) is 5.56. The van der Waals surface area contributed by atoms with Crippen molar-refractivity contribution >= 4 is 22.6 Å². The number of aromatic nitrogens is 4. The highest BCUT2D eigenvalue weighted by Crippen LogP contribution is 2.36. The zero-order chi connectivity index (χ0) is 22.5. The number of pyridine rings is 1. The van der Waals surface area contributed by atoms with E-state index < -0.39 is 11.7 Å². The molecule has 0 saturated carbocycles. The molecular formula is C22H26F2N6O. The Morgan fingerprint density at radius 2 is 1.97 bits per heavy atom. The van der Waals surface area contributed by atoms with Crippen molar-refractivity contribution in [1.82, 2.24) is 24.4 Å². The van der Waals surface area contributed by atoms with Crippen LogP contribution in [0.1, 0.15) is 45.3 Å². The lowest BCUT2D eigenvalue weighted by Gasteiger charge is -2.43. The Morgan fingerprint density at radius 1 is 1.26 bits per heavy atom. The molecule has 0 atom stereocenters. The summed E-state index contributed by atoms with van der Waals surface area (Å²) >= 11 is 0. The fraction of sp³-hybridized carbons (Fsp3) is 0.455. The van der Waals surface area contributed by atoms with Crippen molar-refractivity contribution in [3.05, 3.63) is 36.0 Å². The van der Waals surface area contributed by atoms with Crippen LogP contribution in [0.4, 0.5) is 14.6 Å². The number of hydrogen-bond donors (Lipinski definition) is 1. The molecule has 1 amide bonds. The minimum Gasteiger partial charge on any atom is -0.340 e. The smallest absolute Gasteiger partial charge is 0.303 e. The topological polar surface area (TPSA) is 75.9 Å². The molecule has 4 rings (SSSR count). The molecule has 1 aliphatic heterocycles. The molecule has 164 valence electrons. The van der Waals surface area contributed by atoms with E-state index in [9.17, 15) is 13.6 Å². The molecule has 1 aliphatic rings. The molecule has 1 fully saturated rings. The number of fused-ring (bicyclic) bond motifs is 1. The van der Waals surface area contributed by atoms with Gasteiger partial charge in [-0.05, 0) is 32.9 Å². The highest BCUT2D eigenvalue weighted by Gasteiger charge is 2.32. The highest BCUT2D eigenvalue weighted by molar-refractivity contribution is 5.98. The van der Waals surface area contributed by atoms with Gasteiger partial charge in [0.05, 0.1) is 23.4 Å². The summed E-state index contributed by atoms with van der Waals surface area (Å²) in [6, 6.07) is 4.18. The van der Waals surface area contributed by atoms with Crippen LogP contribution in [0.25, 0.3) is 22.2 Å². The number of nitrogens with zero attached hydrogens (tertiary/aromatic N) is 5. The van der Waals surface area contributed by atoms with Crippen LogP contribution in [0.3, 0.4) is 0 Å². The molecule has 7 nitrogen and oxygen atoms in total. The summed E-state index contributed by atoms with van der Waals surface area (Å²) in [6.07, 6.45) is 3.66. The van der Waals surface area contributed by atoms with Crippen LogP contribution in [0.15, 0.2) is 24.5 Å². The maximum atomic E-state index is 14.0. The molecule has 0 aromatic carbocycles. The monoisotopic (exact) mass is 428 g/mol. The second kappa shape index (κ2) is 7.64. The van der Waals surface area contributed by atoms with E-state index in [1.807, 2.05) is 6.20 Å². The van der Waals surface area contributed by atoms with Gasteiger partial charge in [0.2, 0.25) is 5.91 Å². The Kier molecular flexibility index (Phi) is 5.25. The van der Waals surface area contributed by atoms with Crippen molar-refractivity contribution < 1.29 is 13.6 Å². The standard InChI is InChI=1S/C22H26F2N6O/c1-12(2)29-9-15(10-29)30-11-17(16-7-20(27-14(4)31)25-8-19(16)30)18-6-13(3)26-21(28-18)22(5,23)24/h6-8,11-12,15H,9-10H2,1-5H3,(H,25,27,31). The number of carbonyl (C=O) groups excluding carboxylic acids is 1. The number of hydrogen-bond acceptors (Lipinski definition) is 5. The maximum Gasteiger partial charge on any atom is 0.303 e. The number of likely N-dealkylation sites (tertiary alicyclic amines) is 1. The molecule has 1 N–H and O–H groups in total. The lowest BCUT2D eigenvalue weighted by atomic mass is 10.1. The predicted molar refractivity (Wildman–Crippen MR) is 115 cm³/mol. The number of nitrogens with one attached hydrogen (secondary N) is 1. The molecule has 0 bridgehead atoms. The van der Waals surface area contributed by atoms with Crippen LogP contribution >= 0.6 is 0 Å².